The summed E-state index contributed by atoms with van der Waals surface area (Å²) in [4.78, 5) is 7.75. The number of thioether (sulfide) groups is 1. The molecule has 138 valence electrons. The van der Waals surface area contributed by atoms with Crippen molar-refractivity contribution in [3.05, 3.63) is 35.5 Å². The molecule has 3 N–H and O–H groups in total. The minimum atomic E-state index is 0. The Balaban J connectivity index is 0.00000225. The normalized spacial score (nSPS) is 20.5. The van der Waals surface area contributed by atoms with Crippen molar-refractivity contribution in [2.24, 2.45) is 4.99 Å². The number of H-pyrrole nitrogens is 1. The molecule has 0 bridgehead atoms. The second kappa shape index (κ2) is 9.16. The minimum absolute atomic E-state index is 0. The van der Waals surface area contributed by atoms with E-state index in [1.807, 2.05) is 7.05 Å². The number of hydrogen-bond acceptors (Lipinski definition) is 2. The summed E-state index contributed by atoms with van der Waals surface area (Å²) in [5, 5.41) is 8.26. The smallest absolute Gasteiger partial charge is 0.191 e. The molecule has 1 atom stereocenters. The van der Waals surface area contributed by atoms with Crippen molar-refractivity contribution >= 4 is 52.6 Å². The van der Waals surface area contributed by atoms with E-state index in [2.05, 4.69) is 70.6 Å². The van der Waals surface area contributed by atoms with Crippen molar-refractivity contribution in [1.82, 2.24) is 15.6 Å². The van der Waals surface area contributed by atoms with E-state index in [-0.39, 0.29) is 24.0 Å². The van der Waals surface area contributed by atoms with Crippen molar-refractivity contribution in [2.75, 3.05) is 25.9 Å². The number of nitrogens with one attached hydrogen (secondary N) is 3. The Morgan fingerprint density at radius 1 is 1.36 bits per heavy atom. The first-order chi connectivity index (χ1) is 11.6. The number of para-hydroxylation sites is 1. The predicted molar refractivity (Wildman–Crippen MR) is 122 cm³/mol. The van der Waals surface area contributed by atoms with Crippen LogP contribution in [0.25, 0.3) is 10.9 Å². The van der Waals surface area contributed by atoms with Gasteiger partial charge in [0.05, 0.1) is 0 Å². The van der Waals surface area contributed by atoms with Crippen LogP contribution in [0.2, 0.25) is 0 Å². The van der Waals surface area contributed by atoms with Gasteiger partial charge in [-0.2, -0.15) is 11.8 Å². The van der Waals surface area contributed by atoms with Crippen LogP contribution in [-0.4, -0.2) is 41.6 Å². The third-order valence-corrected chi connectivity index (χ3v) is 6.39. The Morgan fingerprint density at radius 3 is 2.92 bits per heavy atom. The summed E-state index contributed by atoms with van der Waals surface area (Å²) >= 11 is 2.07. The van der Waals surface area contributed by atoms with Crippen molar-refractivity contribution in [3.8, 4) is 0 Å². The number of aliphatic imine (C=N–C) groups is 1. The van der Waals surface area contributed by atoms with Crippen LogP contribution in [-0.2, 0) is 6.42 Å². The number of aryl methyl sites for hydroxylation is 1. The Morgan fingerprint density at radius 2 is 2.20 bits per heavy atom. The topological polar surface area (TPSA) is 52.2 Å². The maximum atomic E-state index is 4.35. The van der Waals surface area contributed by atoms with Gasteiger partial charge in [-0.25, -0.2) is 0 Å². The molecule has 0 aliphatic carbocycles. The maximum absolute atomic E-state index is 4.35. The SMILES string of the molecule is CN=C(NCCc1c[nH]c2c(C)cccc12)NCC1(C)CCCS1.I. The van der Waals surface area contributed by atoms with Gasteiger partial charge >= 0.3 is 0 Å². The molecule has 3 rings (SSSR count). The molecular formula is C19H29IN4S. The van der Waals surface area contributed by atoms with Gasteiger partial charge in [0.15, 0.2) is 5.96 Å². The molecule has 1 unspecified atom stereocenters. The molecule has 2 heterocycles. The molecular weight excluding hydrogens is 443 g/mol. The predicted octanol–water partition coefficient (Wildman–Crippen LogP) is 4.09. The monoisotopic (exact) mass is 472 g/mol. The molecule has 0 spiro atoms. The quantitative estimate of drug-likeness (QED) is 0.349. The van der Waals surface area contributed by atoms with Crippen LogP contribution in [0.4, 0.5) is 0 Å². The molecule has 1 fully saturated rings. The summed E-state index contributed by atoms with van der Waals surface area (Å²) in [6.07, 6.45) is 5.73. The number of halogens is 1. The molecule has 0 radical (unpaired) electrons. The molecule has 0 amide bonds. The van der Waals surface area contributed by atoms with E-state index in [9.17, 15) is 0 Å². The average molecular weight is 472 g/mol. The van der Waals surface area contributed by atoms with Crippen molar-refractivity contribution in [3.63, 3.8) is 0 Å². The Kier molecular flexibility index (Phi) is 7.49. The van der Waals surface area contributed by atoms with Gasteiger partial charge in [-0.05, 0) is 50.0 Å². The number of aromatic nitrogens is 1. The fraction of sp³-hybridized carbons (Fsp3) is 0.526. The molecule has 1 aromatic heterocycles. The lowest BCUT2D eigenvalue weighted by atomic mass is 10.1. The number of aromatic amines is 1. The first-order valence-corrected chi connectivity index (χ1v) is 9.74. The van der Waals surface area contributed by atoms with Gasteiger partial charge in [-0.3, -0.25) is 4.99 Å². The molecule has 0 saturated carbocycles. The van der Waals surface area contributed by atoms with Gasteiger partial charge in [0.25, 0.3) is 0 Å². The van der Waals surface area contributed by atoms with Gasteiger partial charge in [0.1, 0.15) is 0 Å². The molecule has 25 heavy (non-hydrogen) atoms. The van der Waals surface area contributed by atoms with Crippen LogP contribution in [0.1, 0.15) is 30.9 Å². The van der Waals surface area contributed by atoms with E-state index in [4.69, 9.17) is 0 Å². The van der Waals surface area contributed by atoms with Crippen LogP contribution >= 0.6 is 35.7 Å². The van der Waals surface area contributed by atoms with Gasteiger partial charge in [-0.15, -0.1) is 24.0 Å². The van der Waals surface area contributed by atoms with Gasteiger partial charge in [0, 0.05) is 42.0 Å². The Hall–Kier alpha value is -0.890. The first kappa shape index (κ1) is 20.4. The highest BCUT2D eigenvalue weighted by molar-refractivity contribution is 14.0. The second-order valence-electron chi connectivity index (χ2n) is 6.82. The van der Waals surface area contributed by atoms with E-state index in [0.717, 1.165) is 25.5 Å². The Bertz CT molecular complexity index is 719. The van der Waals surface area contributed by atoms with Gasteiger partial charge < -0.3 is 15.6 Å². The van der Waals surface area contributed by atoms with Crippen LogP contribution < -0.4 is 10.6 Å². The Labute approximate surface area is 172 Å². The molecule has 1 aromatic carbocycles. The second-order valence-corrected chi connectivity index (χ2v) is 8.50. The number of nitrogens with zero attached hydrogens (tertiary/aromatic N) is 1. The first-order valence-electron chi connectivity index (χ1n) is 8.75. The van der Waals surface area contributed by atoms with Gasteiger partial charge in [0.2, 0.25) is 0 Å². The standard InChI is InChI=1S/C19H28N4S.HI/c1-14-6-4-7-16-15(12-22-17(14)16)8-10-21-18(20-3)23-13-19(2)9-5-11-24-19;/h4,6-7,12,22H,5,8-11,13H2,1-3H3,(H2,20,21,23);1H. The fourth-order valence-corrected chi connectivity index (χ4v) is 4.60. The van der Waals surface area contributed by atoms with Gasteiger partial charge in [-0.1, -0.05) is 18.2 Å². The molecule has 2 aromatic rings. The summed E-state index contributed by atoms with van der Waals surface area (Å²) in [6.45, 7) is 6.35. The van der Waals surface area contributed by atoms with Crippen LogP contribution in [0.5, 0.6) is 0 Å². The average Bonchev–Trinajstić information content (AvgIpc) is 3.19. The van der Waals surface area contributed by atoms with E-state index >= 15 is 0 Å². The third kappa shape index (κ3) is 5.06. The highest BCUT2D eigenvalue weighted by atomic mass is 127. The van der Waals surface area contributed by atoms with E-state index in [1.165, 1.54) is 40.6 Å². The fourth-order valence-electron chi connectivity index (χ4n) is 3.35. The number of hydrogen-bond donors (Lipinski definition) is 3. The van der Waals surface area contributed by atoms with Crippen molar-refractivity contribution in [1.29, 1.82) is 0 Å². The maximum Gasteiger partial charge on any atom is 0.191 e. The highest BCUT2D eigenvalue weighted by Gasteiger charge is 2.29. The zero-order valence-electron chi connectivity index (χ0n) is 15.3. The molecule has 1 saturated heterocycles. The lowest BCUT2D eigenvalue weighted by molar-refractivity contribution is 0.584. The van der Waals surface area contributed by atoms with Crippen molar-refractivity contribution in [2.45, 2.75) is 37.9 Å². The van der Waals surface area contributed by atoms with E-state index in [0.29, 0.717) is 4.75 Å². The summed E-state index contributed by atoms with van der Waals surface area (Å²) in [5.41, 5.74) is 3.91. The van der Waals surface area contributed by atoms with E-state index in [1.54, 1.807) is 0 Å². The highest BCUT2D eigenvalue weighted by Crippen LogP contribution is 2.36. The summed E-state index contributed by atoms with van der Waals surface area (Å²) in [5.74, 6) is 2.18. The molecule has 1 aliphatic rings. The molecule has 1 aliphatic heterocycles. The third-order valence-electron chi connectivity index (χ3n) is 4.85. The molecule has 4 nitrogen and oxygen atoms in total. The lowest BCUT2D eigenvalue weighted by Crippen LogP contribution is -2.44. The lowest BCUT2D eigenvalue weighted by Gasteiger charge is -2.24. The number of guanidine groups is 1. The number of rotatable bonds is 5. The number of fused-ring (bicyclic) bond motifs is 1. The summed E-state index contributed by atoms with van der Waals surface area (Å²) < 4.78 is 0.353. The van der Waals surface area contributed by atoms with Crippen LogP contribution in [0.15, 0.2) is 29.4 Å². The minimum Gasteiger partial charge on any atom is -0.361 e. The zero-order chi connectivity index (χ0) is 17.0. The zero-order valence-corrected chi connectivity index (χ0v) is 18.5. The number of benzene rings is 1. The summed E-state index contributed by atoms with van der Waals surface area (Å²) in [6, 6.07) is 6.47. The van der Waals surface area contributed by atoms with Crippen LogP contribution in [0, 0.1) is 6.92 Å². The van der Waals surface area contributed by atoms with Crippen LogP contribution in [0.3, 0.4) is 0 Å². The largest absolute Gasteiger partial charge is 0.361 e. The summed E-state index contributed by atoms with van der Waals surface area (Å²) in [7, 11) is 1.84. The van der Waals surface area contributed by atoms with E-state index < -0.39 is 0 Å². The molecule has 6 heteroatoms. The van der Waals surface area contributed by atoms with Crippen molar-refractivity contribution < 1.29 is 0 Å².